The molecule has 9 heteroatoms. The van der Waals surface area contributed by atoms with Crippen molar-refractivity contribution in [2.75, 3.05) is 6.54 Å². The second-order valence-electron chi connectivity index (χ2n) is 6.95. The van der Waals surface area contributed by atoms with Crippen molar-refractivity contribution in [1.82, 2.24) is 29.9 Å². The van der Waals surface area contributed by atoms with Crippen molar-refractivity contribution < 1.29 is 13.6 Å². The minimum atomic E-state index is -2.62. The lowest BCUT2D eigenvalue weighted by atomic mass is 10.1. The van der Waals surface area contributed by atoms with Crippen molar-refractivity contribution >= 4 is 16.9 Å². The Balaban J connectivity index is 1.64. The molecule has 0 fully saturated rings. The number of rotatable bonds is 7. The van der Waals surface area contributed by atoms with Crippen molar-refractivity contribution in [1.29, 1.82) is 0 Å². The lowest BCUT2D eigenvalue weighted by Gasteiger charge is -2.08. The SMILES string of the molecule is Cc1cc(C(F)F)c2c(C)nn(CC(=O)NCCCn3nc(C)cc3C)c2n1. The highest BCUT2D eigenvalue weighted by Crippen LogP contribution is 2.29. The monoisotopic (exact) mass is 390 g/mol. The maximum atomic E-state index is 13.4. The van der Waals surface area contributed by atoms with Crippen LogP contribution in [0.4, 0.5) is 8.78 Å². The van der Waals surface area contributed by atoms with Crippen LogP contribution in [0.1, 0.15) is 41.2 Å². The van der Waals surface area contributed by atoms with E-state index >= 15 is 0 Å². The normalized spacial score (nSPS) is 11.5. The molecule has 7 nitrogen and oxygen atoms in total. The molecule has 0 aliphatic carbocycles. The molecule has 3 aromatic heterocycles. The summed E-state index contributed by atoms with van der Waals surface area (Å²) in [6.07, 6.45) is -1.89. The van der Waals surface area contributed by atoms with Crippen LogP contribution in [0.25, 0.3) is 11.0 Å². The van der Waals surface area contributed by atoms with Gasteiger partial charge in [-0.1, -0.05) is 0 Å². The number of carbonyl (C=O) groups excluding carboxylic acids is 1. The second-order valence-corrected chi connectivity index (χ2v) is 6.95. The molecule has 0 spiro atoms. The Kier molecular flexibility index (Phi) is 5.71. The maximum absolute atomic E-state index is 13.4. The molecule has 0 aliphatic rings. The Morgan fingerprint density at radius 3 is 2.50 bits per heavy atom. The van der Waals surface area contributed by atoms with Crippen LogP contribution >= 0.6 is 0 Å². The standard InChI is InChI=1S/C19H24F2N6O/c1-11-9-15(18(20)21)17-14(4)25-27(19(17)23-11)10-16(28)22-6-5-7-26-13(3)8-12(2)24-26/h8-9,18H,5-7,10H2,1-4H3,(H,22,28). The summed E-state index contributed by atoms with van der Waals surface area (Å²) in [5.41, 5.74) is 3.17. The van der Waals surface area contributed by atoms with Crippen LogP contribution in [-0.2, 0) is 17.9 Å². The van der Waals surface area contributed by atoms with Crippen molar-refractivity contribution in [3.8, 4) is 0 Å². The molecule has 3 aromatic rings. The summed E-state index contributed by atoms with van der Waals surface area (Å²) in [6.45, 7) is 8.37. The zero-order chi connectivity index (χ0) is 20.4. The lowest BCUT2D eigenvalue weighted by molar-refractivity contribution is -0.121. The van der Waals surface area contributed by atoms with Gasteiger partial charge in [0.2, 0.25) is 5.91 Å². The Morgan fingerprint density at radius 1 is 1.11 bits per heavy atom. The van der Waals surface area contributed by atoms with E-state index in [0.29, 0.717) is 35.5 Å². The van der Waals surface area contributed by atoms with Crippen LogP contribution in [0.5, 0.6) is 0 Å². The summed E-state index contributed by atoms with van der Waals surface area (Å²) >= 11 is 0. The number of pyridine rings is 1. The van der Waals surface area contributed by atoms with Gasteiger partial charge in [-0.3, -0.25) is 9.48 Å². The van der Waals surface area contributed by atoms with Gasteiger partial charge in [-0.15, -0.1) is 0 Å². The number of carbonyl (C=O) groups is 1. The fraction of sp³-hybridized carbons (Fsp3) is 0.474. The Hall–Kier alpha value is -2.84. The van der Waals surface area contributed by atoms with Gasteiger partial charge in [-0.25, -0.2) is 18.4 Å². The van der Waals surface area contributed by atoms with Gasteiger partial charge in [-0.05, 0) is 46.2 Å². The van der Waals surface area contributed by atoms with Gasteiger partial charge in [0.15, 0.2) is 5.65 Å². The second kappa shape index (κ2) is 8.04. The predicted molar refractivity (Wildman–Crippen MR) is 101 cm³/mol. The largest absolute Gasteiger partial charge is 0.354 e. The molecular formula is C19H24F2N6O. The number of amides is 1. The molecule has 1 amide bonds. The number of halogens is 2. The third-order valence-electron chi connectivity index (χ3n) is 4.54. The van der Waals surface area contributed by atoms with Crippen molar-refractivity contribution in [2.45, 2.75) is 53.6 Å². The Morgan fingerprint density at radius 2 is 1.86 bits per heavy atom. The van der Waals surface area contributed by atoms with Crippen LogP contribution in [0, 0.1) is 27.7 Å². The molecule has 0 radical (unpaired) electrons. The number of aryl methyl sites for hydroxylation is 5. The van der Waals surface area contributed by atoms with E-state index in [2.05, 4.69) is 20.5 Å². The minimum Gasteiger partial charge on any atom is -0.354 e. The molecule has 0 saturated heterocycles. The average molecular weight is 390 g/mol. The summed E-state index contributed by atoms with van der Waals surface area (Å²) in [5.74, 6) is -0.236. The Bertz CT molecular complexity index is 1010. The number of hydrogen-bond donors (Lipinski definition) is 1. The minimum absolute atomic E-state index is 0.0661. The number of alkyl halides is 2. The van der Waals surface area contributed by atoms with Crippen molar-refractivity contribution in [3.63, 3.8) is 0 Å². The Labute approximate surface area is 161 Å². The molecule has 0 bridgehead atoms. The molecule has 3 heterocycles. The number of hydrogen-bond acceptors (Lipinski definition) is 4. The number of aromatic nitrogens is 5. The molecule has 1 N–H and O–H groups in total. The van der Waals surface area contributed by atoms with Gasteiger partial charge in [0.05, 0.1) is 16.8 Å². The summed E-state index contributed by atoms with van der Waals surface area (Å²) in [5, 5.41) is 11.8. The first-order valence-electron chi connectivity index (χ1n) is 9.17. The highest BCUT2D eigenvalue weighted by Gasteiger charge is 2.20. The molecule has 28 heavy (non-hydrogen) atoms. The van der Waals surface area contributed by atoms with Crippen LogP contribution < -0.4 is 5.32 Å². The lowest BCUT2D eigenvalue weighted by Crippen LogP contribution is -2.29. The first-order valence-corrected chi connectivity index (χ1v) is 9.17. The van der Waals surface area contributed by atoms with E-state index in [0.717, 1.165) is 17.8 Å². The van der Waals surface area contributed by atoms with Gasteiger partial charge >= 0.3 is 0 Å². The summed E-state index contributed by atoms with van der Waals surface area (Å²) in [6, 6.07) is 3.37. The molecular weight excluding hydrogens is 366 g/mol. The zero-order valence-electron chi connectivity index (χ0n) is 16.5. The van der Waals surface area contributed by atoms with E-state index in [1.165, 1.54) is 10.7 Å². The van der Waals surface area contributed by atoms with Crippen LogP contribution in [0.15, 0.2) is 12.1 Å². The smallest absolute Gasteiger partial charge is 0.264 e. The van der Waals surface area contributed by atoms with Gasteiger partial charge in [0, 0.05) is 30.0 Å². The molecule has 0 aromatic carbocycles. The molecule has 0 atom stereocenters. The van der Waals surface area contributed by atoms with E-state index < -0.39 is 6.43 Å². The van der Waals surface area contributed by atoms with Crippen LogP contribution in [0.3, 0.4) is 0 Å². The van der Waals surface area contributed by atoms with E-state index in [4.69, 9.17) is 0 Å². The third kappa shape index (κ3) is 4.18. The van der Waals surface area contributed by atoms with Gasteiger partial charge < -0.3 is 5.32 Å². The number of fused-ring (bicyclic) bond motifs is 1. The van der Waals surface area contributed by atoms with Gasteiger partial charge in [0.25, 0.3) is 6.43 Å². The highest BCUT2D eigenvalue weighted by atomic mass is 19.3. The molecule has 150 valence electrons. The quantitative estimate of drug-likeness (QED) is 0.629. The van der Waals surface area contributed by atoms with Gasteiger partial charge in [0.1, 0.15) is 6.54 Å². The molecule has 0 unspecified atom stereocenters. The summed E-state index contributed by atoms with van der Waals surface area (Å²) in [4.78, 5) is 16.6. The topological polar surface area (TPSA) is 77.6 Å². The number of nitrogens with one attached hydrogen (secondary N) is 1. The highest BCUT2D eigenvalue weighted by molar-refractivity contribution is 5.84. The first-order chi connectivity index (χ1) is 13.3. The fourth-order valence-corrected chi connectivity index (χ4v) is 3.35. The number of nitrogens with zero attached hydrogens (tertiary/aromatic N) is 5. The van der Waals surface area contributed by atoms with E-state index in [1.54, 1.807) is 13.8 Å². The summed E-state index contributed by atoms with van der Waals surface area (Å²) < 4.78 is 30.0. The van der Waals surface area contributed by atoms with E-state index in [-0.39, 0.29) is 18.0 Å². The fourth-order valence-electron chi connectivity index (χ4n) is 3.35. The first kappa shape index (κ1) is 19.9. The average Bonchev–Trinajstić information content (AvgIpc) is 3.09. The summed E-state index contributed by atoms with van der Waals surface area (Å²) in [7, 11) is 0. The molecule has 3 rings (SSSR count). The third-order valence-corrected chi connectivity index (χ3v) is 4.54. The molecule has 0 saturated carbocycles. The maximum Gasteiger partial charge on any atom is 0.264 e. The van der Waals surface area contributed by atoms with Crippen molar-refractivity contribution in [3.05, 3.63) is 40.5 Å². The van der Waals surface area contributed by atoms with E-state index in [9.17, 15) is 13.6 Å². The van der Waals surface area contributed by atoms with Crippen molar-refractivity contribution in [2.24, 2.45) is 0 Å². The zero-order valence-corrected chi connectivity index (χ0v) is 16.5. The predicted octanol–water partition coefficient (Wildman–Crippen LogP) is 3.01. The van der Waals surface area contributed by atoms with Crippen LogP contribution in [0.2, 0.25) is 0 Å². The van der Waals surface area contributed by atoms with E-state index in [1.807, 2.05) is 24.6 Å². The van der Waals surface area contributed by atoms with Gasteiger partial charge in [-0.2, -0.15) is 10.2 Å². The molecule has 0 aliphatic heterocycles. The van der Waals surface area contributed by atoms with Crippen LogP contribution in [-0.4, -0.2) is 37.0 Å².